The average Bonchev–Trinajstić information content (AvgIpc) is 3.16. The number of hydrogen-bond acceptors (Lipinski definition) is 2. The average molecular weight is 300 g/mol. The van der Waals surface area contributed by atoms with Crippen LogP contribution >= 0.6 is 0 Å². The van der Waals surface area contributed by atoms with Crippen LogP contribution in [-0.4, -0.2) is 36.3 Å². The minimum absolute atomic E-state index is 0.0747. The summed E-state index contributed by atoms with van der Waals surface area (Å²) in [6.07, 6.45) is 2.53. The molecule has 1 atom stereocenters. The zero-order valence-electron chi connectivity index (χ0n) is 13.4. The first-order valence-corrected chi connectivity index (χ1v) is 8.26. The molecule has 0 aromatic heterocycles. The molecule has 2 saturated heterocycles. The summed E-state index contributed by atoms with van der Waals surface area (Å²) in [6.45, 7) is 6.49. The van der Waals surface area contributed by atoms with Crippen molar-refractivity contribution >= 4 is 17.5 Å². The van der Waals surface area contributed by atoms with Gasteiger partial charge >= 0.3 is 0 Å². The third-order valence-corrected chi connectivity index (χ3v) is 4.74. The first-order valence-electron chi connectivity index (χ1n) is 8.26. The molecular weight excluding hydrogens is 276 g/mol. The molecule has 0 aliphatic carbocycles. The molecule has 118 valence electrons. The Morgan fingerprint density at radius 3 is 2.55 bits per heavy atom. The van der Waals surface area contributed by atoms with E-state index in [-0.39, 0.29) is 17.7 Å². The van der Waals surface area contributed by atoms with Crippen LogP contribution in [0.2, 0.25) is 0 Å². The lowest BCUT2D eigenvalue weighted by Gasteiger charge is -2.23. The highest BCUT2D eigenvalue weighted by atomic mass is 16.2. The number of rotatable bonds is 3. The molecule has 2 aliphatic heterocycles. The molecule has 1 aromatic rings. The molecule has 1 unspecified atom stereocenters. The van der Waals surface area contributed by atoms with Gasteiger partial charge in [-0.25, -0.2) is 0 Å². The fourth-order valence-corrected chi connectivity index (χ4v) is 3.52. The summed E-state index contributed by atoms with van der Waals surface area (Å²) < 4.78 is 0. The van der Waals surface area contributed by atoms with Crippen LogP contribution in [0.15, 0.2) is 24.3 Å². The number of amides is 2. The number of likely N-dealkylation sites (tertiary alicyclic amines) is 1. The molecule has 2 amide bonds. The van der Waals surface area contributed by atoms with Crippen molar-refractivity contribution in [3.63, 3.8) is 0 Å². The Morgan fingerprint density at radius 1 is 1.18 bits per heavy atom. The zero-order chi connectivity index (χ0) is 15.7. The number of benzene rings is 1. The maximum absolute atomic E-state index is 12.5. The molecule has 2 aliphatic rings. The lowest BCUT2D eigenvalue weighted by molar-refractivity contribution is -0.134. The van der Waals surface area contributed by atoms with Crippen molar-refractivity contribution in [3.05, 3.63) is 29.8 Å². The summed E-state index contributed by atoms with van der Waals surface area (Å²) in [5, 5.41) is 0. The maximum atomic E-state index is 12.5. The highest BCUT2D eigenvalue weighted by molar-refractivity contribution is 6.00. The summed E-state index contributed by atoms with van der Waals surface area (Å²) in [4.78, 5) is 28.7. The van der Waals surface area contributed by atoms with Crippen molar-refractivity contribution < 1.29 is 9.59 Å². The summed E-state index contributed by atoms with van der Waals surface area (Å²) in [7, 11) is 0. The van der Waals surface area contributed by atoms with Gasteiger partial charge in [-0.05, 0) is 30.4 Å². The largest absolute Gasteiger partial charge is 0.342 e. The predicted molar refractivity (Wildman–Crippen MR) is 86.8 cm³/mol. The molecule has 0 saturated carbocycles. The van der Waals surface area contributed by atoms with Gasteiger partial charge in [0.1, 0.15) is 0 Å². The predicted octanol–water partition coefficient (Wildman–Crippen LogP) is 2.79. The summed E-state index contributed by atoms with van der Waals surface area (Å²) in [5.74, 6) is 0.421. The van der Waals surface area contributed by atoms with E-state index in [4.69, 9.17) is 0 Å². The van der Waals surface area contributed by atoms with Crippen LogP contribution in [0.5, 0.6) is 0 Å². The molecular formula is C18H24N2O2. The number of carbonyl (C=O) groups excluding carboxylic acids is 2. The quantitative estimate of drug-likeness (QED) is 0.861. The molecule has 3 rings (SSSR count). The van der Waals surface area contributed by atoms with Gasteiger partial charge in [0.15, 0.2) is 0 Å². The summed E-state index contributed by atoms with van der Waals surface area (Å²) in [5.41, 5.74) is 2.14. The first kappa shape index (κ1) is 15.1. The monoisotopic (exact) mass is 300 g/mol. The van der Waals surface area contributed by atoms with Crippen LogP contribution in [0.4, 0.5) is 5.69 Å². The van der Waals surface area contributed by atoms with Gasteiger partial charge in [0.2, 0.25) is 11.8 Å². The van der Waals surface area contributed by atoms with Crippen LogP contribution < -0.4 is 4.90 Å². The fourth-order valence-electron chi connectivity index (χ4n) is 3.52. The molecule has 4 heteroatoms. The lowest BCUT2D eigenvalue weighted by atomic mass is 10.0. The van der Waals surface area contributed by atoms with Crippen molar-refractivity contribution in [2.75, 3.05) is 24.5 Å². The molecule has 4 nitrogen and oxygen atoms in total. The van der Waals surface area contributed by atoms with E-state index in [1.165, 1.54) is 5.56 Å². The van der Waals surface area contributed by atoms with Gasteiger partial charge in [0.25, 0.3) is 0 Å². The normalized spacial score (nSPS) is 22.0. The fraction of sp³-hybridized carbons (Fsp3) is 0.556. The second-order valence-electron chi connectivity index (χ2n) is 6.65. The molecule has 22 heavy (non-hydrogen) atoms. The molecule has 1 aromatic carbocycles. The Morgan fingerprint density at radius 2 is 1.86 bits per heavy atom. The van der Waals surface area contributed by atoms with Crippen LogP contribution in [0, 0.1) is 5.92 Å². The molecule has 0 bridgehead atoms. The van der Waals surface area contributed by atoms with Crippen LogP contribution in [0.3, 0.4) is 0 Å². The smallest absolute Gasteiger partial charge is 0.228 e. The maximum Gasteiger partial charge on any atom is 0.228 e. The Balaban J connectivity index is 1.79. The SMILES string of the molecule is CC(C)c1ccccc1N1CC(C(=O)N2CCCC2)CC1=O. The van der Waals surface area contributed by atoms with Gasteiger partial charge in [-0.15, -0.1) is 0 Å². The third kappa shape index (κ3) is 2.74. The van der Waals surface area contributed by atoms with Crippen molar-refractivity contribution in [3.8, 4) is 0 Å². The van der Waals surface area contributed by atoms with Crippen LogP contribution in [0.1, 0.15) is 44.6 Å². The molecule has 0 N–H and O–H groups in total. The number of para-hydroxylation sites is 1. The van der Waals surface area contributed by atoms with Crippen molar-refractivity contribution in [1.82, 2.24) is 4.90 Å². The van der Waals surface area contributed by atoms with Crippen LogP contribution in [0.25, 0.3) is 0 Å². The Kier molecular flexibility index (Phi) is 4.19. The van der Waals surface area contributed by atoms with E-state index >= 15 is 0 Å². The Labute approximate surface area is 132 Å². The van der Waals surface area contributed by atoms with E-state index in [1.54, 1.807) is 0 Å². The Bertz CT molecular complexity index is 576. The highest BCUT2D eigenvalue weighted by Crippen LogP contribution is 2.32. The van der Waals surface area contributed by atoms with Gasteiger partial charge in [-0.1, -0.05) is 32.0 Å². The van der Waals surface area contributed by atoms with E-state index < -0.39 is 0 Å². The molecule has 0 radical (unpaired) electrons. The van der Waals surface area contributed by atoms with Crippen LogP contribution in [-0.2, 0) is 9.59 Å². The van der Waals surface area contributed by atoms with Gasteiger partial charge in [0.05, 0.1) is 5.92 Å². The van der Waals surface area contributed by atoms with E-state index in [9.17, 15) is 9.59 Å². The Hall–Kier alpha value is -1.84. The zero-order valence-corrected chi connectivity index (χ0v) is 13.4. The van der Waals surface area contributed by atoms with Gasteiger partial charge in [0, 0.05) is 31.7 Å². The standard InChI is InChI=1S/C18H24N2O2/c1-13(2)15-7-3-4-8-16(15)20-12-14(11-17(20)21)18(22)19-9-5-6-10-19/h3-4,7-8,13-14H,5-6,9-12H2,1-2H3. The van der Waals surface area contributed by atoms with Crippen molar-refractivity contribution in [2.45, 2.75) is 39.0 Å². The number of anilines is 1. The first-order chi connectivity index (χ1) is 10.6. The van der Waals surface area contributed by atoms with E-state index in [1.807, 2.05) is 28.0 Å². The lowest BCUT2D eigenvalue weighted by Crippen LogP contribution is -2.35. The summed E-state index contributed by atoms with van der Waals surface area (Å²) in [6, 6.07) is 8.04. The minimum Gasteiger partial charge on any atom is -0.342 e. The van der Waals surface area contributed by atoms with E-state index in [2.05, 4.69) is 19.9 Å². The van der Waals surface area contributed by atoms with Gasteiger partial charge in [-0.2, -0.15) is 0 Å². The minimum atomic E-state index is -0.175. The van der Waals surface area contributed by atoms with E-state index in [0.29, 0.717) is 18.9 Å². The molecule has 2 heterocycles. The molecule has 0 spiro atoms. The van der Waals surface area contributed by atoms with Crippen molar-refractivity contribution in [1.29, 1.82) is 0 Å². The number of nitrogens with zero attached hydrogens (tertiary/aromatic N) is 2. The molecule has 2 fully saturated rings. The highest BCUT2D eigenvalue weighted by Gasteiger charge is 2.38. The number of carbonyl (C=O) groups is 2. The third-order valence-electron chi connectivity index (χ3n) is 4.74. The second kappa shape index (κ2) is 6.11. The summed E-state index contributed by atoms with van der Waals surface area (Å²) >= 11 is 0. The van der Waals surface area contributed by atoms with Gasteiger partial charge in [-0.3, -0.25) is 9.59 Å². The number of hydrogen-bond donors (Lipinski definition) is 0. The van der Waals surface area contributed by atoms with E-state index in [0.717, 1.165) is 31.6 Å². The van der Waals surface area contributed by atoms with Crippen molar-refractivity contribution in [2.24, 2.45) is 5.92 Å². The topological polar surface area (TPSA) is 40.6 Å². The second-order valence-corrected chi connectivity index (χ2v) is 6.65. The van der Waals surface area contributed by atoms with Gasteiger partial charge < -0.3 is 9.80 Å².